The van der Waals surface area contributed by atoms with E-state index in [2.05, 4.69) is 31.9 Å². The lowest BCUT2D eigenvalue weighted by Gasteiger charge is -2.51. The van der Waals surface area contributed by atoms with Crippen LogP contribution in [0.1, 0.15) is 35.4 Å². The number of hydrogen-bond acceptors (Lipinski definition) is 8. The number of amides is 4. The number of nitrogens with zero attached hydrogens (tertiary/aromatic N) is 2. The lowest BCUT2D eigenvalue weighted by molar-refractivity contribution is -0.125. The normalized spacial score (nSPS) is 25.6. The van der Waals surface area contributed by atoms with Gasteiger partial charge in [0.25, 0.3) is 11.8 Å². The first-order chi connectivity index (χ1) is 29.4. The van der Waals surface area contributed by atoms with Crippen LogP contribution in [0.5, 0.6) is 23.0 Å². The zero-order valence-corrected chi connectivity index (χ0v) is 36.9. The largest absolute Gasteiger partial charge is 0.503 e. The Morgan fingerprint density at radius 3 is 1.98 bits per heavy atom. The maximum absolute atomic E-state index is 15.5. The van der Waals surface area contributed by atoms with Gasteiger partial charge < -0.3 is 19.3 Å². The lowest BCUT2D eigenvalue weighted by Crippen LogP contribution is -2.60. The molecule has 1 saturated carbocycles. The summed E-state index contributed by atoms with van der Waals surface area (Å²) in [6.07, 6.45) is 4.36. The molecule has 0 radical (unpaired) electrons. The number of halogens is 9. The summed E-state index contributed by atoms with van der Waals surface area (Å²) in [7, 11) is 4.28. The third kappa shape index (κ3) is 6.12. The summed E-state index contributed by atoms with van der Waals surface area (Å²) in [5.74, 6) is -21.5. The summed E-state index contributed by atoms with van der Waals surface area (Å²) in [4.78, 5) is 53.3. The Morgan fingerprint density at radius 1 is 0.742 bits per heavy atom. The molecule has 62 heavy (non-hydrogen) atoms. The Morgan fingerprint density at radius 2 is 1.37 bits per heavy atom. The van der Waals surface area contributed by atoms with Gasteiger partial charge in [0.15, 0.2) is 44.5 Å². The average Bonchev–Trinajstić information content (AvgIpc) is 3.61. The molecule has 4 aromatic carbocycles. The third-order valence-corrected chi connectivity index (χ3v) is 15.5. The number of fused-ring (bicyclic) bond motifs is 4. The van der Waals surface area contributed by atoms with Gasteiger partial charge in [-0.15, -0.1) is 23.2 Å². The lowest BCUT2D eigenvalue weighted by atomic mass is 9.56. The Balaban J connectivity index is 1.22. The second-order valence-electron chi connectivity index (χ2n) is 14.9. The Kier molecular flexibility index (Phi) is 11.0. The number of phenols is 1. The molecule has 19 heteroatoms. The molecule has 0 aromatic heterocycles. The predicted molar refractivity (Wildman–Crippen MR) is 224 cm³/mol. The minimum atomic E-state index is -2.80. The molecule has 4 amide bonds. The van der Waals surface area contributed by atoms with Gasteiger partial charge in [0, 0.05) is 16.0 Å². The first kappa shape index (κ1) is 43.7. The number of anilines is 2. The average molecular weight is 1030 g/mol. The van der Waals surface area contributed by atoms with Crippen LogP contribution in [0.15, 0.2) is 69.1 Å². The van der Waals surface area contributed by atoms with Crippen molar-refractivity contribution in [3.05, 3.63) is 115 Å². The zero-order chi connectivity index (χ0) is 44.9. The number of alkyl halides is 2. The Bertz CT molecular complexity index is 2690. The first-order valence-electron chi connectivity index (χ1n) is 18.5. The van der Waals surface area contributed by atoms with Crippen molar-refractivity contribution in [2.45, 2.75) is 28.5 Å². The van der Waals surface area contributed by atoms with Gasteiger partial charge in [-0.25, -0.2) is 26.9 Å². The summed E-state index contributed by atoms with van der Waals surface area (Å²) in [6.45, 7) is 0. The Labute approximate surface area is 376 Å². The molecular weight excluding hydrogens is 998 g/mol. The smallest absolute Gasteiger partial charge is 0.258 e. The van der Waals surface area contributed by atoms with Crippen molar-refractivity contribution >= 4 is 102 Å². The number of hydrogen-bond donors (Lipinski definition) is 1. The summed E-state index contributed by atoms with van der Waals surface area (Å²) >= 11 is 21.2. The number of phenolic OH excluding ortho intramolecular Hbond substituents is 1. The number of ether oxygens (including phenoxy) is 3. The molecular formula is C43H29Br2Cl2F5N2O8. The van der Waals surface area contributed by atoms with Crippen LogP contribution in [0.4, 0.5) is 33.3 Å². The zero-order valence-electron chi connectivity index (χ0n) is 32.2. The van der Waals surface area contributed by atoms with E-state index in [0.717, 1.165) is 10.5 Å². The van der Waals surface area contributed by atoms with Crippen molar-refractivity contribution in [3.63, 3.8) is 0 Å². The number of allylic oxidation sites excluding steroid dienone is 2. The highest BCUT2D eigenvalue weighted by Gasteiger charge is 2.77. The van der Waals surface area contributed by atoms with E-state index in [0.29, 0.717) is 17.1 Å². The summed E-state index contributed by atoms with van der Waals surface area (Å²) in [5.41, 5.74) is -0.0612. The van der Waals surface area contributed by atoms with Crippen LogP contribution in [0.2, 0.25) is 0 Å². The van der Waals surface area contributed by atoms with E-state index in [1.165, 1.54) is 27.4 Å². The molecule has 1 N–H and O–H groups in total. The first-order valence-corrected chi connectivity index (χ1v) is 20.8. The number of benzene rings is 4. The standard InChI is InChI=1S/C43H29Br2Cl2F5N2O8/c1-60-20-10-13-25(61-2)18(14-20)7-4-17-5-8-19(9-6-17)53-38(56)22-12-11-21-24(27(22)39(53)57)16-42(46)40(58)54(36-34(51)32(49)31(48)33(50)35(36)52)41(59)43(42,47)28(21)23-15-26(62-3)37(55)30(45)29(23)44/h4-11,13-15,22,24,27-28,55H,12,16H2,1-3H3. The van der Waals surface area contributed by atoms with Crippen molar-refractivity contribution in [2.24, 2.45) is 17.8 Å². The van der Waals surface area contributed by atoms with Gasteiger partial charge in [-0.3, -0.25) is 24.1 Å². The predicted octanol–water partition coefficient (Wildman–Crippen LogP) is 9.58. The Hall–Kier alpha value is -4.97. The van der Waals surface area contributed by atoms with Gasteiger partial charge >= 0.3 is 0 Å². The minimum Gasteiger partial charge on any atom is -0.503 e. The highest BCUT2D eigenvalue weighted by molar-refractivity contribution is 9.13. The number of imide groups is 2. The van der Waals surface area contributed by atoms with Gasteiger partial charge in [-0.1, -0.05) is 35.9 Å². The monoisotopic (exact) mass is 1020 g/mol. The molecule has 2 aliphatic carbocycles. The fourth-order valence-corrected chi connectivity index (χ4v) is 10.9. The van der Waals surface area contributed by atoms with E-state index in [1.807, 2.05) is 0 Å². The summed E-state index contributed by atoms with van der Waals surface area (Å²) in [6, 6.07) is 13.0. The topological polar surface area (TPSA) is 123 Å². The molecule has 6 atom stereocenters. The number of aromatic hydroxyl groups is 1. The third-order valence-electron chi connectivity index (χ3n) is 12.0. The van der Waals surface area contributed by atoms with Crippen LogP contribution in [0.25, 0.3) is 12.2 Å². The number of carbonyl (C=O) groups excluding carboxylic acids is 4. The molecule has 322 valence electrons. The van der Waals surface area contributed by atoms with Crippen LogP contribution in [-0.4, -0.2) is 59.8 Å². The van der Waals surface area contributed by atoms with Crippen LogP contribution in [0, 0.1) is 46.8 Å². The molecule has 3 fully saturated rings. The second-order valence-corrected chi connectivity index (χ2v) is 17.7. The fraction of sp³-hybridized carbons (Fsp3) is 0.256. The highest BCUT2D eigenvalue weighted by Crippen LogP contribution is 2.67. The molecule has 8 rings (SSSR count). The van der Waals surface area contributed by atoms with Crippen LogP contribution in [-0.2, 0) is 19.2 Å². The van der Waals surface area contributed by atoms with Gasteiger partial charge in [0.1, 0.15) is 17.2 Å². The highest BCUT2D eigenvalue weighted by atomic mass is 79.9. The summed E-state index contributed by atoms with van der Waals surface area (Å²) < 4.78 is 90.5. The van der Waals surface area contributed by atoms with Crippen molar-refractivity contribution in [1.29, 1.82) is 0 Å². The number of carbonyl (C=O) groups is 4. The van der Waals surface area contributed by atoms with E-state index in [9.17, 15) is 37.5 Å². The van der Waals surface area contributed by atoms with E-state index in [4.69, 9.17) is 37.4 Å². The molecule has 0 bridgehead atoms. The van der Waals surface area contributed by atoms with E-state index >= 15 is 8.78 Å². The van der Waals surface area contributed by atoms with Gasteiger partial charge in [0.05, 0.1) is 43.3 Å². The minimum absolute atomic E-state index is 0.00481. The molecule has 2 saturated heterocycles. The van der Waals surface area contributed by atoms with Crippen molar-refractivity contribution in [1.82, 2.24) is 0 Å². The quantitative estimate of drug-likeness (QED) is 0.0353. The molecule has 0 spiro atoms. The summed E-state index contributed by atoms with van der Waals surface area (Å²) in [5, 5.41) is 10.8. The van der Waals surface area contributed by atoms with E-state index < -0.39 is 104 Å². The SMILES string of the molecule is COc1ccc(OC)c(C=Cc2ccc(N3C(=O)C4CC=C5C(CC6(Cl)C(=O)N(c7c(F)c(F)c(F)c(F)c7F)C(=O)C6(Cl)C5c5cc(OC)c(O)c(Br)c5Br)C4C3=O)cc2)c1. The molecule has 10 nitrogen and oxygen atoms in total. The van der Waals surface area contributed by atoms with Crippen molar-refractivity contribution in [2.75, 3.05) is 31.1 Å². The number of rotatable bonds is 8. The number of methoxy groups -OCH3 is 3. The molecule has 6 unspecified atom stereocenters. The molecule has 4 aromatic rings. The van der Waals surface area contributed by atoms with Crippen molar-refractivity contribution in [3.8, 4) is 23.0 Å². The van der Waals surface area contributed by atoms with Crippen molar-refractivity contribution < 1.29 is 60.4 Å². The van der Waals surface area contributed by atoms with Crippen LogP contribution in [0.3, 0.4) is 0 Å². The molecule has 2 aliphatic heterocycles. The molecule has 4 aliphatic rings. The van der Waals surface area contributed by atoms with Gasteiger partial charge in [-0.2, -0.15) is 0 Å². The van der Waals surface area contributed by atoms with Crippen LogP contribution < -0.4 is 24.0 Å². The second kappa shape index (κ2) is 15.7. The van der Waals surface area contributed by atoms with E-state index in [-0.39, 0.29) is 42.8 Å². The van der Waals surface area contributed by atoms with Gasteiger partial charge in [0.2, 0.25) is 17.6 Å². The maximum atomic E-state index is 15.5. The fourth-order valence-electron chi connectivity index (χ4n) is 9.03. The maximum Gasteiger partial charge on any atom is 0.258 e. The molecule has 2 heterocycles. The van der Waals surface area contributed by atoms with Crippen LogP contribution >= 0.6 is 55.1 Å². The van der Waals surface area contributed by atoms with E-state index in [1.54, 1.807) is 60.7 Å². The van der Waals surface area contributed by atoms with Gasteiger partial charge in [-0.05, 0) is 98.1 Å².